The van der Waals surface area contributed by atoms with Gasteiger partial charge in [-0.2, -0.15) is 0 Å². The van der Waals surface area contributed by atoms with Crippen LogP contribution in [-0.2, 0) is 4.74 Å². The third kappa shape index (κ3) is 3.11. The Morgan fingerprint density at radius 1 is 1.19 bits per heavy atom. The molecular weight excluding hydrogens is 334 g/mol. The number of anilines is 1. The van der Waals surface area contributed by atoms with Gasteiger partial charge in [-0.3, -0.25) is 14.3 Å². The summed E-state index contributed by atoms with van der Waals surface area (Å²) in [6.07, 6.45) is 5.89. The minimum atomic E-state index is -0.387. The van der Waals surface area contributed by atoms with E-state index in [0.717, 1.165) is 5.69 Å². The van der Waals surface area contributed by atoms with Gasteiger partial charge in [0.15, 0.2) is 0 Å². The zero-order valence-corrected chi connectivity index (χ0v) is 13.9. The number of rotatable bonds is 3. The monoisotopic (exact) mass is 351 g/mol. The van der Waals surface area contributed by atoms with E-state index >= 15 is 0 Å². The molecule has 3 aromatic rings. The molecule has 0 bridgehead atoms. The van der Waals surface area contributed by atoms with Crippen molar-refractivity contribution in [2.24, 2.45) is 0 Å². The van der Waals surface area contributed by atoms with Crippen LogP contribution in [0.1, 0.15) is 22.2 Å². The van der Waals surface area contributed by atoms with Crippen molar-refractivity contribution in [3.8, 4) is 5.69 Å². The Hall–Kier alpha value is -3.33. The lowest BCUT2D eigenvalue weighted by molar-refractivity contribution is -0.0245. The summed E-state index contributed by atoms with van der Waals surface area (Å²) >= 11 is 0. The van der Waals surface area contributed by atoms with Gasteiger partial charge in [-0.25, -0.2) is 4.98 Å². The van der Waals surface area contributed by atoms with E-state index in [1.165, 1.54) is 6.20 Å². The van der Waals surface area contributed by atoms with Gasteiger partial charge in [-0.15, -0.1) is 10.2 Å². The SMILES string of the molecule is Nc1nccnc1[C@@H]1CN(C(=O)c2cccc(-n3cnnc3)c2)CCO1. The highest BCUT2D eigenvalue weighted by atomic mass is 16.5. The number of nitrogen functional groups attached to an aromatic ring is 1. The molecule has 26 heavy (non-hydrogen) atoms. The number of carbonyl (C=O) groups is 1. The second-order valence-corrected chi connectivity index (χ2v) is 5.86. The number of morpholine rings is 1. The maximum absolute atomic E-state index is 12.9. The van der Waals surface area contributed by atoms with Crippen molar-refractivity contribution in [2.45, 2.75) is 6.10 Å². The van der Waals surface area contributed by atoms with Crippen molar-refractivity contribution in [1.29, 1.82) is 0 Å². The maximum Gasteiger partial charge on any atom is 0.254 e. The van der Waals surface area contributed by atoms with Gasteiger partial charge in [0, 0.05) is 30.2 Å². The first-order chi connectivity index (χ1) is 12.7. The molecule has 132 valence electrons. The van der Waals surface area contributed by atoms with Crippen LogP contribution in [0.2, 0.25) is 0 Å². The van der Waals surface area contributed by atoms with Crippen molar-refractivity contribution in [3.63, 3.8) is 0 Å². The third-order valence-electron chi connectivity index (χ3n) is 4.22. The van der Waals surface area contributed by atoms with Crippen molar-refractivity contribution in [2.75, 3.05) is 25.4 Å². The molecule has 1 atom stereocenters. The lowest BCUT2D eigenvalue weighted by Crippen LogP contribution is -2.42. The first-order valence-corrected chi connectivity index (χ1v) is 8.14. The molecule has 9 heteroatoms. The molecule has 4 rings (SSSR count). The molecule has 3 heterocycles. The predicted molar refractivity (Wildman–Crippen MR) is 92.4 cm³/mol. The van der Waals surface area contributed by atoms with Gasteiger partial charge in [0.05, 0.1) is 13.2 Å². The van der Waals surface area contributed by atoms with Crippen molar-refractivity contribution in [3.05, 3.63) is 60.6 Å². The molecule has 9 nitrogen and oxygen atoms in total. The maximum atomic E-state index is 12.9. The number of carbonyl (C=O) groups excluding carboxylic acids is 1. The summed E-state index contributed by atoms with van der Waals surface area (Å²) in [6, 6.07) is 7.33. The summed E-state index contributed by atoms with van der Waals surface area (Å²) < 4.78 is 7.50. The molecule has 0 spiro atoms. The molecule has 1 saturated heterocycles. The van der Waals surface area contributed by atoms with Crippen LogP contribution < -0.4 is 5.73 Å². The Balaban J connectivity index is 1.55. The highest BCUT2D eigenvalue weighted by Gasteiger charge is 2.28. The molecule has 1 aliphatic rings. The van der Waals surface area contributed by atoms with Crippen LogP contribution >= 0.6 is 0 Å². The Bertz CT molecular complexity index is 913. The highest BCUT2D eigenvalue weighted by molar-refractivity contribution is 5.94. The fourth-order valence-electron chi connectivity index (χ4n) is 2.92. The fraction of sp³-hybridized carbons (Fsp3) is 0.235. The lowest BCUT2D eigenvalue weighted by atomic mass is 10.1. The molecule has 1 aliphatic heterocycles. The van der Waals surface area contributed by atoms with E-state index in [2.05, 4.69) is 20.2 Å². The van der Waals surface area contributed by atoms with Gasteiger partial charge in [0.2, 0.25) is 0 Å². The van der Waals surface area contributed by atoms with Crippen molar-refractivity contribution in [1.82, 2.24) is 29.6 Å². The van der Waals surface area contributed by atoms with Crippen LogP contribution in [0.3, 0.4) is 0 Å². The first kappa shape index (κ1) is 16.2. The van der Waals surface area contributed by atoms with E-state index in [0.29, 0.717) is 36.8 Å². The van der Waals surface area contributed by atoms with E-state index in [9.17, 15) is 4.79 Å². The summed E-state index contributed by atoms with van der Waals surface area (Å²) in [5.41, 5.74) is 7.86. The fourth-order valence-corrected chi connectivity index (χ4v) is 2.92. The van der Waals surface area contributed by atoms with Gasteiger partial charge in [-0.05, 0) is 18.2 Å². The Morgan fingerprint density at radius 3 is 2.81 bits per heavy atom. The highest BCUT2D eigenvalue weighted by Crippen LogP contribution is 2.24. The van der Waals surface area contributed by atoms with Crippen LogP contribution in [0.25, 0.3) is 5.69 Å². The number of hydrogen-bond donors (Lipinski definition) is 1. The Labute approximate surface area is 149 Å². The minimum absolute atomic E-state index is 0.0734. The number of hydrogen-bond acceptors (Lipinski definition) is 7. The number of nitrogens with zero attached hydrogens (tertiary/aromatic N) is 6. The second-order valence-electron chi connectivity index (χ2n) is 5.86. The number of ether oxygens (including phenoxy) is 1. The van der Waals surface area contributed by atoms with Gasteiger partial charge >= 0.3 is 0 Å². The molecule has 0 unspecified atom stereocenters. The quantitative estimate of drug-likeness (QED) is 0.744. The average Bonchev–Trinajstić information content (AvgIpc) is 3.23. The Morgan fingerprint density at radius 2 is 2.00 bits per heavy atom. The van der Waals surface area contributed by atoms with Gasteiger partial charge in [0.25, 0.3) is 5.91 Å². The molecule has 1 amide bonds. The topological polar surface area (TPSA) is 112 Å². The van der Waals surface area contributed by atoms with Crippen LogP contribution in [0.4, 0.5) is 5.82 Å². The summed E-state index contributed by atoms with van der Waals surface area (Å²) in [5, 5.41) is 7.58. The average molecular weight is 351 g/mol. The van der Waals surface area contributed by atoms with E-state index < -0.39 is 0 Å². The lowest BCUT2D eigenvalue weighted by Gasteiger charge is -2.33. The largest absolute Gasteiger partial charge is 0.382 e. The van der Waals surface area contributed by atoms with E-state index in [-0.39, 0.29) is 12.0 Å². The summed E-state index contributed by atoms with van der Waals surface area (Å²) in [5.74, 6) is 0.247. The van der Waals surface area contributed by atoms with E-state index in [1.54, 1.807) is 34.4 Å². The third-order valence-corrected chi connectivity index (χ3v) is 4.22. The zero-order chi connectivity index (χ0) is 17.9. The summed E-state index contributed by atoms with van der Waals surface area (Å²) in [6.45, 7) is 1.29. The number of amides is 1. The first-order valence-electron chi connectivity index (χ1n) is 8.14. The molecule has 2 N–H and O–H groups in total. The standard InChI is InChI=1S/C17H17N7O2/c18-16-15(19-4-5-20-16)14-9-23(6-7-26-14)17(25)12-2-1-3-13(8-12)24-10-21-22-11-24/h1-5,8,10-11,14H,6-7,9H2,(H2,18,20)/t14-/m0/s1. The van der Waals surface area contributed by atoms with Crippen LogP contribution in [0, 0.1) is 0 Å². The van der Waals surface area contributed by atoms with Crippen LogP contribution in [0.15, 0.2) is 49.3 Å². The van der Waals surface area contributed by atoms with E-state index in [4.69, 9.17) is 10.5 Å². The number of nitrogens with two attached hydrogens (primary N) is 1. The zero-order valence-electron chi connectivity index (χ0n) is 13.9. The second kappa shape index (κ2) is 6.89. The van der Waals surface area contributed by atoms with Crippen molar-refractivity contribution < 1.29 is 9.53 Å². The van der Waals surface area contributed by atoms with E-state index in [1.807, 2.05) is 18.2 Å². The normalized spacial score (nSPS) is 17.2. The molecule has 2 aromatic heterocycles. The minimum Gasteiger partial charge on any atom is -0.382 e. The van der Waals surface area contributed by atoms with Gasteiger partial charge < -0.3 is 15.4 Å². The molecular formula is C17H17N7O2. The molecule has 1 fully saturated rings. The number of benzene rings is 1. The smallest absolute Gasteiger partial charge is 0.254 e. The molecule has 0 saturated carbocycles. The molecule has 0 aliphatic carbocycles. The summed E-state index contributed by atoms with van der Waals surface area (Å²) in [7, 11) is 0. The predicted octanol–water partition coefficient (Wildman–Crippen LogP) is 0.853. The molecule has 1 aromatic carbocycles. The van der Waals surface area contributed by atoms with Crippen molar-refractivity contribution >= 4 is 11.7 Å². The number of aromatic nitrogens is 5. The van der Waals surface area contributed by atoms with Crippen LogP contribution in [0.5, 0.6) is 0 Å². The molecule has 0 radical (unpaired) electrons. The summed E-state index contributed by atoms with van der Waals surface area (Å²) in [4.78, 5) is 23.0. The van der Waals surface area contributed by atoms with Gasteiger partial charge in [-0.1, -0.05) is 6.07 Å². The Kier molecular flexibility index (Phi) is 4.28. The van der Waals surface area contributed by atoms with Gasteiger partial charge in [0.1, 0.15) is 30.3 Å². The van der Waals surface area contributed by atoms with Crippen LogP contribution in [-0.4, -0.2) is 55.2 Å².